The van der Waals surface area contributed by atoms with Gasteiger partial charge in [0.15, 0.2) is 0 Å². The zero-order valence-electron chi connectivity index (χ0n) is 20.8. The highest BCUT2D eigenvalue weighted by Crippen LogP contribution is 2.33. The fourth-order valence-electron chi connectivity index (χ4n) is 5.05. The highest BCUT2D eigenvalue weighted by atomic mass is 19.1. The van der Waals surface area contributed by atoms with Gasteiger partial charge in [0.2, 0.25) is 17.7 Å². The number of carbonyl (C=O) groups is 4. The van der Waals surface area contributed by atoms with Crippen LogP contribution in [0.4, 0.5) is 19.3 Å². The summed E-state index contributed by atoms with van der Waals surface area (Å²) in [6.07, 6.45) is 0.843. The van der Waals surface area contributed by atoms with Gasteiger partial charge >= 0.3 is 6.09 Å². The van der Waals surface area contributed by atoms with E-state index < -0.39 is 41.1 Å². The maximum absolute atomic E-state index is 14.9. The van der Waals surface area contributed by atoms with Crippen LogP contribution in [0.2, 0.25) is 0 Å². The molecule has 3 saturated heterocycles. The summed E-state index contributed by atoms with van der Waals surface area (Å²) in [6, 6.07) is 2.44. The molecule has 3 aliphatic rings. The zero-order chi connectivity index (χ0) is 26.2. The van der Waals surface area contributed by atoms with E-state index in [0.29, 0.717) is 44.7 Å². The Kier molecular flexibility index (Phi) is 7.19. The quantitative estimate of drug-likeness (QED) is 0.633. The van der Waals surface area contributed by atoms with Crippen LogP contribution in [-0.2, 0) is 19.1 Å². The monoisotopic (exact) mass is 506 g/mol. The van der Waals surface area contributed by atoms with Gasteiger partial charge in [-0.05, 0) is 52.2 Å². The molecule has 0 spiro atoms. The van der Waals surface area contributed by atoms with Crippen molar-refractivity contribution in [3.8, 4) is 0 Å². The van der Waals surface area contributed by atoms with Crippen LogP contribution in [0.3, 0.4) is 0 Å². The van der Waals surface area contributed by atoms with Gasteiger partial charge in [-0.2, -0.15) is 0 Å². The van der Waals surface area contributed by atoms with Crippen molar-refractivity contribution < 1.29 is 32.7 Å². The van der Waals surface area contributed by atoms with Crippen molar-refractivity contribution >= 4 is 29.5 Å². The van der Waals surface area contributed by atoms with Crippen LogP contribution in [0.15, 0.2) is 12.1 Å². The fraction of sp³-hybridized carbons (Fsp3) is 0.600. The second kappa shape index (κ2) is 10.0. The number of anilines is 1. The van der Waals surface area contributed by atoms with Crippen molar-refractivity contribution in [2.45, 2.75) is 64.0 Å². The minimum absolute atomic E-state index is 0.0213. The van der Waals surface area contributed by atoms with Gasteiger partial charge < -0.3 is 14.5 Å². The van der Waals surface area contributed by atoms with Gasteiger partial charge in [-0.25, -0.2) is 13.6 Å². The molecule has 3 fully saturated rings. The predicted molar refractivity (Wildman–Crippen MR) is 126 cm³/mol. The number of hydrogen-bond acceptors (Lipinski definition) is 6. The summed E-state index contributed by atoms with van der Waals surface area (Å²) in [5.74, 6) is -3.93. The Balaban J connectivity index is 1.35. The van der Waals surface area contributed by atoms with Crippen molar-refractivity contribution in [1.29, 1.82) is 0 Å². The summed E-state index contributed by atoms with van der Waals surface area (Å²) in [4.78, 5) is 53.6. The Labute approximate surface area is 208 Å². The Morgan fingerprint density at radius 3 is 2.19 bits per heavy atom. The first-order chi connectivity index (χ1) is 16.9. The second-order valence-electron chi connectivity index (χ2n) is 10.5. The summed E-state index contributed by atoms with van der Waals surface area (Å²) in [7, 11) is 0. The smallest absolute Gasteiger partial charge is 0.410 e. The molecule has 9 nitrogen and oxygen atoms in total. The first-order valence-electron chi connectivity index (χ1n) is 12.3. The van der Waals surface area contributed by atoms with Gasteiger partial charge in [-0.3, -0.25) is 24.6 Å². The van der Waals surface area contributed by atoms with Gasteiger partial charge in [-0.1, -0.05) is 0 Å². The molecule has 0 radical (unpaired) electrons. The van der Waals surface area contributed by atoms with Crippen LogP contribution in [0.5, 0.6) is 0 Å². The predicted octanol–water partition coefficient (Wildman–Crippen LogP) is 2.53. The van der Waals surface area contributed by atoms with Crippen molar-refractivity contribution in [3.05, 3.63) is 29.3 Å². The molecule has 1 aromatic rings. The third kappa shape index (κ3) is 5.60. The molecule has 0 bridgehead atoms. The molecule has 1 N–H and O–H groups in total. The SMILES string of the molecule is CC(C)(C)OC(=O)N1CCN(C2CCN(c3cc(F)c(C4CCC(=O)NC4=O)c(F)c3)CC2)C(=O)C1. The molecule has 0 aromatic heterocycles. The van der Waals surface area contributed by atoms with E-state index in [1.165, 1.54) is 17.0 Å². The fourth-order valence-corrected chi connectivity index (χ4v) is 5.05. The Morgan fingerprint density at radius 2 is 1.64 bits per heavy atom. The zero-order valence-corrected chi connectivity index (χ0v) is 20.8. The topological polar surface area (TPSA) is 99.3 Å². The molecule has 11 heteroatoms. The molecule has 36 heavy (non-hydrogen) atoms. The normalized spacial score (nSPS) is 22.1. The van der Waals surface area contributed by atoms with Crippen molar-refractivity contribution in [1.82, 2.24) is 15.1 Å². The second-order valence-corrected chi connectivity index (χ2v) is 10.5. The first-order valence-corrected chi connectivity index (χ1v) is 12.3. The molecular formula is C25H32F2N4O5. The number of ether oxygens (including phenoxy) is 1. The Morgan fingerprint density at radius 1 is 1.00 bits per heavy atom. The number of imide groups is 1. The van der Waals surface area contributed by atoms with Gasteiger partial charge in [0.25, 0.3) is 0 Å². The highest BCUT2D eigenvalue weighted by Gasteiger charge is 2.36. The lowest BCUT2D eigenvalue weighted by atomic mass is 9.89. The lowest BCUT2D eigenvalue weighted by Crippen LogP contribution is -2.57. The molecule has 3 heterocycles. The Bertz CT molecular complexity index is 1040. The maximum Gasteiger partial charge on any atom is 0.410 e. The lowest BCUT2D eigenvalue weighted by molar-refractivity contribution is -0.139. The number of rotatable bonds is 3. The Hall–Kier alpha value is -3.24. The summed E-state index contributed by atoms with van der Waals surface area (Å²) in [6.45, 7) is 7.09. The summed E-state index contributed by atoms with van der Waals surface area (Å²) >= 11 is 0. The first kappa shape index (κ1) is 25.8. The van der Waals surface area contributed by atoms with E-state index in [4.69, 9.17) is 4.74 Å². The van der Waals surface area contributed by atoms with Gasteiger partial charge in [-0.15, -0.1) is 0 Å². The average molecular weight is 507 g/mol. The molecule has 196 valence electrons. The number of carbonyl (C=O) groups excluding carboxylic acids is 4. The van der Waals surface area contributed by atoms with Crippen LogP contribution in [0, 0.1) is 11.6 Å². The van der Waals surface area contributed by atoms with E-state index in [2.05, 4.69) is 5.32 Å². The minimum Gasteiger partial charge on any atom is -0.444 e. The van der Waals surface area contributed by atoms with Crippen LogP contribution < -0.4 is 10.2 Å². The van der Waals surface area contributed by atoms with Gasteiger partial charge in [0.05, 0.1) is 5.92 Å². The third-order valence-electron chi connectivity index (χ3n) is 6.83. The van der Waals surface area contributed by atoms with Crippen LogP contribution in [-0.4, -0.2) is 78.0 Å². The molecule has 4 rings (SSSR count). The number of hydrogen-bond donors (Lipinski definition) is 1. The van der Waals surface area contributed by atoms with Crippen LogP contribution in [0.1, 0.15) is 57.9 Å². The van der Waals surface area contributed by atoms with Crippen molar-refractivity contribution in [2.75, 3.05) is 37.6 Å². The van der Waals surface area contributed by atoms with Crippen LogP contribution in [0.25, 0.3) is 0 Å². The molecule has 0 aliphatic carbocycles. The number of piperidine rings is 2. The lowest BCUT2D eigenvalue weighted by Gasteiger charge is -2.43. The molecule has 3 aliphatic heterocycles. The van der Waals surface area contributed by atoms with E-state index >= 15 is 0 Å². The minimum atomic E-state index is -1.03. The largest absolute Gasteiger partial charge is 0.444 e. The summed E-state index contributed by atoms with van der Waals surface area (Å²) < 4.78 is 35.2. The standard InChI is InChI=1S/C25H32F2N4O5/c1-25(2,3)36-24(35)30-10-11-31(21(33)14-30)15-6-8-29(9-7-15)16-12-18(26)22(19(27)13-16)17-4-5-20(32)28-23(17)34/h12-13,15,17H,4-11,14H2,1-3H3,(H,28,32,34). The third-order valence-corrected chi connectivity index (χ3v) is 6.83. The molecular weight excluding hydrogens is 474 g/mol. The number of nitrogens with zero attached hydrogens (tertiary/aromatic N) is 3. The summed E-state index contributed by atoms with van der Waals surface area (Å²) in [5.41, 5.74) is -0.573. The molecule has 0 saturated carbocycles. The molecule has 1 atom stereocenters. The molecule has 1 unspecified atom stereocenters. The van der Waals surface area contributed by atoms with E-state index in [9.17, 15) is 28.0 Å². The molecule has 1 aromatic carbocycles. The number of benzene rings is 1. The maximum atomic E-state index is 14.9. The van der Waals surface area contributed by atoms with Crippen LogP contribution >= 0.6 is 0 Å². The number of halogens is 2. The number of amides is 4. The highest BCUT2D eigenvalue weighted by molar-refractivity contribution is 6.01. The number of nitrogens with one attached hydrogen (secondary N) is 1. The van der Waals surface area contributed by atoms with Crippen molar-refractivity contribution in [2.24, 2.45) is 0 Å². The van der Waals surface area contributed by atoms with E-state index in [1.54, 1.807) is 25.7 Å². The average Bonchev–Trinajstić information content (AvgIpc) is 2.79. The number of piperazine rings is 1. The van der Waals surface area contributed by atoms with E-state index in [1.807, 2.05) is 4.90 Å². The van der Waals surface area contributed by atoms with Crippen molar-refractivity contribution in [3.63, 3.8) is 0 Å². The summed E-state index contributed by atoms with van der Waals surface area (Å²) in [5, 5.41) is 2.14. The van der Waals surface area contributed by atoms with E-state index in [0.717, 1.165) is 0 Å². The van der Waals surface area contributed by atoms with E-state index in [-0.39, 0.29) is 36.9 Å². The van der Waals surface area contributed by atoms with Gasteiger partial charge in [0, 0.05) is 49.9 Å². The van der Waals surface area contributed by atoms with Gasteiger partial charge in [0.1, 0.15) is 23.8 Å². The molecule has 4 amide bonds.